The summed E-state index contributed by atoms with van der Waals surface area (Å²) >= 11 is 0. The molecule has 0 bridgehead atoms. The van der Waals surface area contributed by atoms with Crippen LogP contribution in [0, 0.1) is 0 Å². The van der Waals surface area contributed by atoms with Gasteiger partial charge in [0.1, 0.15) is 0 Å². The zero-order valence-corrected chi connectivity index (χ0v) is 11.8. The summed E-state index contributed by atoms with van der Waals surface area (Å²) in [6.45, 7) is 18.3. The maximum absolute atomic E-state index is 3.99. The maximum Gasteiger partial charge on any atom is 0.0190 e. The molecule has 0 aromatic heterocycles. The highest BCUT2D eigenvalue weighted by molar-refractivity contribution is 4.92. The Morgan fingerprint density at radius 1 is 1.31 bits per heavy atom. The zero-order valence-electron chi connectivity index (χ0n) is 11.8. The summed E-state index contributed by atoms with van der Waals surface area (Å²) in [5.74, 6) is 0. The Kier molecular flexibility index (Phi) is 8.58. The summed E-state index contributed by atoms with van der Waals surface area (Å²) in [5, 5.41) is 3.46. The second-order valence-corrected chi connectivity index (χ2v) is 5.12. The first-order chi connectivity index (χ1) is 7.47. The van der Waals surface area contributed by atoms with Crippen LogP contribution >= 0.6 is 0 Å². The topological polar surface area (TPSA) is 15.3 Å². The van der Waals surface area contributed by atoms with Gasteiger partial charge in [-0.1, -0.05) is 32.9 Å². The molecule has 0 aliphatic carbocycles. The van der Waals surface area contributed by atoms with Gasteiger partial charge in [-0.15, -0.1) is 0 Å². The van der Waals surface area contributed by atoms with Crippen molar-refractivity contribution in [3.8, 4) is 0 Å². The zero-order chi connectivity index (χ0) is 12.6. The summed E-state index contributed by atoms with van der Waals surface area (Å²) in [6, 6.07) is 1.27. The lowest BCUT2D eigenvalue weighted by atomic mass is 10.1. The van der Waals surface area contributed by atoms with Gasteiger partial charge in [-0.05, 0) is 39.8 Å². The third-order valence-corrected chi connectivity index (χ3v) is 2.85. The van der Waals surface area contributed by atoms with Gasteiger partial charge < -0.3 is 5.32 Å². The van der Waals surface area contributed by atoms with E-state index in [1.165, 1.54) is 18.4 Å². The third kappa shape index (κ3) is 7.89. The van der Waals surface area contributed by atoms with Crippen LogP contribution in [0.15, 0.2) is 12.2 Å². The second kappa shape index (κ2) is 8.77. The molecule has 0 radical (unpaired) electrons. The predicted molar refractivity (Wildman–Crippen MR) is 73.9 cm³/mol. The average molecular weight is 226 g/mol. The Hall–Kier alpha value is -0.340. The molecule has 2 nitrogen and oxygen atoms in total. The van der Waals surface area contributed by atoms with Crippen molar-refractivity contribution in [1.82, 2.24) is 10.2 Å². The molecule has 0 fully saturated rings. The van der Waals surface area contributed by atoms with Crippen LogP contribution in [0.2, 0.25) is 0 Å². The van der Waals surface area contributed by atoms with Gasteiger partial charge in [0.25, 0.3) is 0 Å². The second-order valence-electron chi connectivity index (χ2n) is 5.12. The fraction of sp³-hybridized carbons (Fsp3) is 0.857. The van der Waals surface area contributed by atoms with Crippen molar-refractivity contribution in [3.05, 3.63) is 12.2 Å². The Labute approximate surface area is 102 Å². The molecule has 16 heavy (non-hydrogen) atoms. The normalized spacial score (nSPS) is 13.4. The van der Waals surface area contributed by atoms with Gasteiger partial charge in [0.05, 0.1) is 0 Å². The molecule has 96 valence electrons. The minimum absolute atomic E-state index is 0.605. The van der Waals surface area contributed by atoms with Crippen LogP contribution < -0.4 is 5.32 Å². The average Bonchev–Trinajstić information content (AvgIpc) is 2.20. The van der Waals surface area contributed by atoms with E-state index in [-0.39, 0.29) is 0 Å². The number of likely N-dealkylation sites (N-methyl/N-ethyl adjacent to an activating group) is 1. The lowest BCUT2D eigenvalue weighted by molar-refractivity contribution is 0.224. The molecule has 0 aliphatic heterocycles. The highest BCUT2D eigenvalue weighted by atomic mass is 15.1. The number of nitrogens with one attached hydrogen (secondary N) is 1. The van der Waals surface area contributed by atoms with Crippen LogP contribution in [0.5, 0.6) is 0 Å². The largest absolute Gasteiger partial charge is 0.315 e. The Bertz CT molecular complexity index is 187. The van der Waals surface area contributed by atoms with Crippen molar-refractivity contribution < 1.29 is 0 Å². The molecule has 0 spiro atoms. The third-order valence-electron chi connectivity index (χ3n) is 2.85. The van der Waals surface area contributed by atoms with Crippen molar-refractivity contribution in [2.24, 2.45) is 0 Å². The molecule has 1 atom stereocenters. The van der Waals surface area contributed by atoms with Gasteiger partial charge in [0.2, 0.25) is 0 Å². The fourth-order valence-electron chi connectivity index (χ4n) is 1.90. The summed E-state index contributed by atoms with van der Waals surface area (Å²) in [5.41, 5.74) is 1.26. The van der Waals surface area contributed by atoms with E-state index >= 15 is 0 Å². The van der Waals surface area contributed by atoms with Crippen molar-refractivity contribution in [2.75, 3.05) is 19.6 Å². The molecule has 0 saturated heterocycles. The Morgan fingerprint density at radius 3 is 2.38 bits per heavy atom. The van der Waals surface area contributed by atoms with Crippen molar-refractivity contribution in [2.45, 2.75) is 59.5 Å². The molecule has 0 saturated carbocycles. The van der Waals surface area contributed by atoms with Gasteiger partial charge >= 0.3 is 0 Å². The summed E-state index contributed by atoms with van der Waals surface area (Å²) in [6.07, 6.45) is 2.52. The molecule has 0 rings (SSSR count). The Morgan fingerprint density at radius 2 is 1.94 bits per heavy atom. The SMILES string of the molecule is C=C(C)CN(CC)C(C)CCCNC(C)C. The molecule has 0 aromatic rings. The quantitative estimate of drug-likeness (QED) is 0.480. The molecule has 0 aromatic carbocycles. The maximum atomic E-state index is 3.99. The smallest absolute Gasteiger partial charge is 0.0190 e. The molecular weight excluding hydrogens is 196 g/mol. The first-order valence-corrected chi connectivity index (χ1v) is 6.59. The van der Waals surface area contributed by atoms with E-state index in [9.17, 15) is 0 Å². The van der Waals surface area contributed by atoms with Crippen LogP contribution in [0.3, 0.4) is 0 Å². The van der Waals surface area contributed by atoms with Crippen LogP contribution in [-0.4, -0.2) is 36.6 Å². The van der Waals surface area contributed by atoms with Crippen LogP contribution in [-0.2, 0) is 0 Å². The van der Waals surface area contributed by atoms with Crippen molar-refractivity contribution in [3.63, 3.8) is 0 Å². The highest BCUT2D eigenvalue weighted by Gasteiger charge is 2.11. The lowest BCUT2D eigenvalue weighted by Crippen LogP contribution is -2.35. The summed E-state index contributed by atoms with van der Waals surface area (Å²) in [7, 11) is 0. The van der Waals surface area contributed by atoms with E-state index in [1.807, 2.05) is 0 Å². The molecule has 0 amide bonds. The van der Waals surface area contributed by atoms with Crippen LogP contribution in [0.4, 0.5) is 0 Å². The van der Waals surface area contributed by atoms with Crippen LogP contribution in [0.25, 0.3) is 0 Å². The van der Waals surface area contributed by atoms with E-state index in [0.717, 1.165) is 19.6 Å². The minimum atomic E-state index is 0.605. The van der Waals surface area contributed by atoms with E-state index in [1.54, 1.807) is 0 Å². The van der Waals surface area contributed by atoms with E-state index in [4.69, 9.17) is 0 Å². The van der Waals surface area contributed by atoms with E-state index in [0.29, 0.717) is 12.1 Å². The fourth-order valence-corrected chi connectivity index (χ4v) is 1.90. The minimum Gasteiger partial charge on any atom is -0.315 e. The van der Waals surface area contributed by atoms with Gasteiger partial charge in [0.15, 0.2) is 0 Å². The van der Waals surface area contributed by atoms with Gasteiger partial charge in [-0.2, -0.15) is 0 Å². The molecule has 0 aliphatic rings. The summed E-state index contributed by atoms with van der Waals surface area (Å²) in [4.78, 5) is 2.50. The molecule has 0 heterocycles. The monoisotopic (exact) mass is 226 g/mol. The molecule has 1 N–H and O–H groups in total. The number of hydrogen-bond acceptors (Lipinski definition) is 2. The number of nitrogens with zero attached hydrogens (tertiary/aromatic N) is 1. The van der Waals surface area contributed by atoms with Crippen LogP contribution in [0.1, 0.15) is 47.5 Å². The first-order valence-electron chi connectivity index (χ1n) is 6.59. The van der Waals surface area contributed by atoms with Gasteiger partial charge in [-0.25, -0.2) is 0 Å². The molecular formula is C14H30N2. The standard InChI is InChI=1S/C14H30N2/c1-7-16(11-12(2)3)14(6)9-8-10-15-13(4)5/h13-15H,2,7-11H2,1,3-6H3. The first kappa shape index (κ1) is 15.7. The Balaban J connectivity index is 3.74. The van der Waals surface area contributed by atoms with Crippen molar-refractivity contribution in [1.29, 1.82) is 0 Å². The van der Waals surface area contributed by atoms with E-state index in [2.05, 4.69) is 51.4 Å². The highest BCUT2D eigenvalue weighted by Crippen LogP contribution is 2.08. The van der Waals surface area contributed by atoms with Crippen molar-refractivity contribution >= 4 is 0 Å². The number of rotatable bonds is 9. The number of hydrogen-bond donors (Lipinski definition) is 1. The summed E-state index contributed by atoms with van der Waals surface area (Å²) < 4.78 is 0. The molecule has 1 unspecified atom stereocenters. The van der Waals surface area contributed by atoms with E-state index < -0.39 is 0 Å². The van der Waals surface area contributed by atoms with Gasteiger partial charge in [-0.3, -0.25) is 4.90 Å². The molecule has 2 heteroatoms. The predicted octanol–water partition coefficient (Wildman–Crippen LogP) is 3.05. The van der Waals surface area contributed by atoms with Gasteiger partial charge in [0, 0.05) is 18.6 Å². The lowest BCUT2D eigenvalue weighted by Gasteiger charge is -2.28.